The maximum atomic E-state index is 12.7. The van der Waals surface area contributed by atoms with Gasteiger partial charge >= 0.3 is 5.97 Å². The summed E-state index contributed by atoms with van der Waals surface area (Å²) in [6, 6.07) is -0.922. The number of rotatable bonds is 25. The van der Waals surface area contributed by atoms with Crippen molar-refractivity contribution in [2.24, 2.45) is 5.73 Å². The van der Waals surface area contributed by atoms with Crippen molar-refractivity contribution in [1.29, 1.82) is 0 Å². The zero-order valence-electron chi connectivity index (χ0n) is 22.1. The summed E-state index contributed by atoms with van der Waals surface area (Å²) in [6.07, 6.45) is 25.0. The first-order chi connectivity index (χ1) is 16.0. The number of aliphatic carboxylic acids is 1. The fraction of sp³-hybridized carbons (Fsp3) is 0.929. The molecule has 5 heteroatoms. The second-order valence-corrected chi connectivity index (χ2v) is 9.89. The molecule has 0 unspecified atom stereocenters. The SMILES string of the molecule is CCCCCCCCCCCCN(CCCCCCCCCCCC)C(=O)[C@@H](N)CC(=O)O. The summed E-state index contributed by atoms with van der Waals surface area (Å²) in [6.45, 7) is 5.91. The molecule has 0 aromatic rings. The smallest absolute Gasteiger partial charge is 0.305 e. The maximum Gasteiger partial charge on any atom is 0.305 e. The Hall–Kier alpha value is -1.10. The van der Waals surface area contributed by atoms with Gasteiger partial charge in [0.05, 0.1) is 12.5 Å². The third-order valence-electron chi connectivity index (χ3n) is 6.59. The van der Waals surface area contributed by atoms with Crippen LogP contribution in [0.3, 0.4) is 0 Å². The number of hydrogen-bond donors (Lipinski definition) is 2. The van der Waals surface area contributed by atoms with Crippen molar-refractivity contribution in [3.05, 3.63) is 0 Å². The lowest BCUT2D eigenvalue weighted by molar-refractivity contribution is -0.142. The summed E-state index contributed by atoms with van der Waals surface area (Å²) in [4.78, 5) is 25.5. The van der Waals surface area contributed by atoms with Gasteiger partial charge in [0.25, 0.3) is 0 Å². The highest BCUT2D eigenvalue weighted by Crippen LogP contribution is 2.13. The molecule has 0 aromatic carbocycles. The largest absolute Gasteiger partial charge is 0.481 e. The van der Waals surface area contributed by atoms with Gasteiger partial charge in [0.1, 0.15) is 0 Å². The number of carboxylic acids is 1. The number of unbranched alkanes of at least 4 members (excludes halogenated alkanes) is 18. The highest BCUT2D eigenvalue weighted by molar-refractivity contribution is 5.85. The molecular weight excluding hydrogens is 412 g/mol. The Morgan fingerprint density at radius 1 is 0.606 bits per heavy atom. The van der Waals surface area contributed by atoms with Crippen molar-refractivity contribution in [3.8, 4) is 0 Å². The first-order valence-corrected chi connectivity index (χ1v) is 14.3. The minimum absolute atomic E-state index is 0.191. The van der Waals surface area contributed by atoms with E-state index in [1.54, 1.807) is 0 Å². The molecule has 0 saturated carbocycles. The van der Waals surface area contributed by atoms with Crippen molar-refractivity contribution >= 4 is 11.9 Å². The molecule has 33 heavy (non-hydrogen) atoms. The van der Waals surface area contributed by atoms with Crippen LogP contribution in [0, 0.1) is 0 Å². The fourth-order valence-corrected chi connectivity index (χ4v) is 4.42. The maximum absolute atomic E-state index is 12.7. The van der Waals surface area contributed by atoms with Crippen LogP contribution in [0.2, 0.25) is 0 Å². The Morgan fingerprint density at radius 2 is 0.909 bits per heavy atom. The van der Waals surface area contributed by atoms with E-state index in [9.17, 15) is 9.59 Å². The number of amides is 1. The topological polar surface area (TPSA) is 83.6 Å². The number of hydrogen-bond acceptors (Lipinski definition) is 3. The molecule has 0 fully saturated rings. The Balaban J connectivity index is 4.07. The third-order valence-corrected chi connectivity index (χ3v) is 6.59. The molecule has 0 aliphatic heterocycles. The number of carboxylic acid groups (broad SMARTS) is 1. The van der Waals surface area contributed by atoms with Gasteiger partial charge in [0.15, 0.2) is 0 Å². The molecule has 0 heterocycles. The molecule has 0 radical (unpaired) electrons. The van der Waals surface area contributed by atoms with E-state index in [4.69, 9.17) is 10.8 Å². The summed E-state index contributed by atoms with van der Waals surface area (Å²) in [5.74, 6) is -1.20. The average Bonchev–Trinajstić information content (AvgIpc) is 2.79. The number of nitrogens with zero attached hydrogens (tertiary/aromatic N) is 1. The van der Waals surface area contributed by atoms with E-state index in [1.165, 1.54) is 103 Å². The molecule has 0 spiro atoms. The minimum Gasteiger partial charge on any atom is -0.481 e. The monoisotopic (exact) mass is 468 g/mol. The lowest BCUT2D eigenvalue weighted by atomic mass is 10.1. The Kier molecular flexibility index (Phi) is 23.2. The lowest BCUT2D eigenvalue weighted by Crippen LogP contribution is -2.45. The van der Waals surface area contributed by atoms with E-state index < -0.39 is 12.0 Å². The molecule has 196 valence electrons. The summed E-state index contributed by atoms with van der Waals surface area (Å²) >= 11 is 0. The van der Waals surface area contributed by atoms with Gasteiger partial charge in [-0.15, -0.1) is 0 Å². The van der Waals surface area contributed by atoms with E-state index in [0.29, 0.717) is 13.1 Å². The molecule has 1 amide bonds. The van der Waals surface area contributed by atoms with E-state index in [-0.39, 0.29) is 12.3 Å². The van der Waals surface area contributed by atoms with Crippen LogP contribution in [0.4, 0.5) is 0 Å². The highest BCUT2D eigenvalue weighted by atomic mass is 16.4. The summed E-state index contributed by atoms with van der Waals surface area (Å²) < 4.78 is 0. The molecule has 0 saturated heterocycles. The average molecular weight is 469 g/mol. The van der Waals surface area contributed by atoms with Crippen LogP contribution >= 0.6 is 0 Å². The number of carbonyl (C=O) groups is 2. The van der Waals surface area contributed by atoms with Crippen molar-refractivity contribution in [3.63, 3.8) is 0 Å². The normalized spacial score (nSPS) is 12.1. The van der Waals surface area contributed by atoms with Gasteiger partial charge in [0, 0.05) is 13.1 Å². The summed E-state index contributed by atoms with van der Waals surface area (Å²) in [5, 5.41) is 8.99. The van der Waals surface area contributed by atoms with Gasteiger partial charge in [-0.1, -0.05) is 129 Å². The third kappa shape index (κ3) is 21.2. The van der Waals surface area contributed by atoms with Crippen LogP contribution in [0.25, 0.3) is 0 Å². The van der Waals surface area contributed by atoms with Crippen LogP contribution in [0.1, 0.15) is 149 Å². The van der Waals surface area contributed by atoms with E-state index >= 15 is 0 Å². The van der Waals surface area contributed by atoms with Crippen molar-refractivity contribution < 1.29 is 14.7 Å². The van der Waals surface area contributed by atoms with E-state index in [2.05, 4.69) is 13.8 Å². The quantitative estimate of drug-likeness (QED) is 0.136. The Labute approximate surface area is 205 Å². The summed E-state index contributed by atoms with van der Waals surface area (Å²) in [5.41, 5.74) is 5.89. The molecule has 0 bridgehead atoms. The van der Waals surface area contributed by atoms with Crippen LogP contribution in [-0.4, -0.2) is 41.0 Å². The van der Waals surface area contributed by atoms with E-state index in [1.807, 2.05) is 4.90 Å². The molecule has 0 aliphatic carbocycles. The van der Waals surface area contributed by atoms with Crippen molar-refractivity contribution in [2.75, 3.05) is 13.1 Å². The molecule has 0 aromatic heterocycles. The van der Waals surface area contributed by atoms with Crippen LogP contribution < -0.4 is 5.73 Å². The molecule has 5 nitrogen and oxygen atoms in total. The first-order valence-electron chi connectivity index (χ1n) is 14.3. The van der Waals surface area contributed by atoms with Gasteiger partial charge in [-0.2, -0.15) is 0 Å². The predicted octanol–water partition coefficient (Wildman–Crippen LogP) is 7.46. The molecule has 0 aliphatic rings. The van der Waals surface area contributed by atoms with E-state index in [0.717, 1.165) is 25.7 Å². The standard InChI is InChI=1S/C28H56N2O3/c1-3-5-7-9-11-13-15-17-19-21-23-30(28(33)26(29)25-27(31)32)24-22-20-18-16-14-12-10-8-6-4-2/h26H,3-25,29H2,1-2H3,(H,31,32)/t26-/m0/s1. The van der Waals surface area contributed by atoms with Crippen LogP contribution in [0.5, 0.6) is 0 Å². The van der Waals surface area contributed by atoms with Crippen molar-refractivity contribution in [1.82, 2.24) is 4.90 Å². The molecule has 1 atom stereocenters. The fourth-order valence-electron chi connectivity index (χ4n) is 4.42. The number of carbonyl (C=O) groups excluding carboxylic acids is 1. The molecule has 3 N–H and O–H groups in total. The van der Waals surface area contributed by atoms with Gasteiger partial charge in [0.2, 0.25) is 5.91 Å². The van der Waals surface area contributed by atoms with Gasteiger partial charge < -0.3 is 15.7 Å². The predicted molar refractivity (Wildman–Crippen MR) is 140 cm³/mol. The van der Waals surface area contributed by atoms with Crippen LogP contribution in [-0.2, 0) is 9.59 Å². The van der Waals surface area contributed by atoms with Gasteiger partial charge in [-0.05, 0) is 12.8 Å². The molecule has 0 rings (SSSR count). The lowest BCUT2D eigenvalue weighted by Gasteiger charge is -2.25. The number of nitrogens with two attached hydrogens (primary N) is 1. The first kappa shape index (κ1) is 31.9. The van der Waals surface area contributed by atoms with Gasteiger partial charge in [-0.25, -0.2) is 0 Å². The minimum atomic E-state index is -1.01. The zero-order valence-corrected chi connectivity index (χ0v) is 22.1. The summed E-state index contributed by atoms with van der Waals surface area (Å²) in [7, 11) is 0. The zero-order chi connectivity index (χ0) is 24.6. The Morgan fingerprint density at radius 3 is 1.21 bits per heavy atom. The Bertz CT molecular complexity index is 432. The van der Waals surface area contributed by atoms with Crippen molar-refractivity contribution in [2.45, 2.75) is 155 Å². The second kappa shape index (κ2) is 24.0. The highest BCUT2D eigenvalue weighted by Gasteiger charge is 2.22. The second-order valence-electron chi connectivity index (χ2n) is 9.89. The van der Waals surface area contributed by atoms with Gasteiger partial charge in [-0.3, -0.25) is 9.59 Å². The molecular formula is C28H56N2O3. The van der Waals surface area contributed by atoms with Crippen LogP contribution in [0.15, 0.2) is 0 Å².